The second kappa shape index (κ2) is 5.40. The molecule has 0 amide bonds. The first-order valence-electron chi connectivity index (χ1n) is 5.87. The van der Waals surface area contributed by atoms with E-state index in [4.69, 9.17) is 5.84 Å². The van der Waals surface area contributed by atoms with E-state index in [1.807, 2.05) is 30.3 Å². The van der Waals surface area contributed by atoms with Crippen molar-refractivity contribution in [1.29, 1.82) is 0 Å². The highest BCUT2D eigenvalue weighted by atomic mass is 79.9. The van der Waals surface area contributed by atoms with Crippen molar-refractivity contribution in [2.24, 2.45) is 5.84 Å². The highest BCUT2D eigenvalue weighted by Crippen LogP contribution is 2.30. The highest BCUT2D eigenvalue weighted by molar-refractivity contribution is 9.10. The van der Waals surface area contributed by atoms with Crippen molar-refractivity contribution in [3.05, 3.63) is 47.3 Å². The molecule has 3 rings (SSSR count). The Hall–Kier alpha value is -2.25. The Balaban J connectivity index is 2.06. The molecular formula is C13H11BrN6. The fourth-order valence-corrected chi connectivity index (χ4v) is 2.32. The average Bonchev–Trinajstić information content (AvgIpc) is 2.50. The molecule has 0 aliphatic rings. The number of aromatic nitrogens is 3. The molecule has 4 N–H and O–H groups in total. The Morgan fingerprint density at radius 3 is 2.70 bits per heavy atom. The van der Waals surface area contributed by atoms with Crippen LogP contribution in [0.4, 0.5) is 17.3 Å². The number of rotatable bonds is 3. The van der Waals surface area contributed by atoms with Crippen LogP contribution in [-0.4, -0.2) is 15.0 Å². The van der Waals surface area contributed by atoms with Gasteiger partial charge in [-0.25, -0.2) is 15.8 Å². The van der Waals surface area contributed by atoms with Gasteiger partial charge in [-0.3, -0.25) is 4.98 Å². The molecule has 2 aromatic heterocycles. The number of nitrogens with zero attached hydrogens (tertiary/aromatic N) is 3. The summed E-state index contributed by atoms with van der Waals surface area (Å²) in [7, 11) is 0. The number of hydrogen-bond donors (Lipinski definition) is 3. The molecule has 0 atom stereocenters. The fourth-order valence-electron chi connectivity index (χ4n) is 1.90. The van der Waals surface area contributed by atoms with Crippen molar-refractivity contribution in [2.45, 2.75) is 0 Å². The van der Waals surface area contributed by atoms with Crippen molar-refractivity contribution >= 4 is 44.2 Å². The molecule has 0 saturated carbocycles. The first-order chi connectivity index (χ1) is 9.79. The van der Waals surface area contributed by atoms with Gasteiger partial charge < -0.3 is 10.7 Å². The van der Waals surface area contributed by atoms with Crippen LogP contribution in [0.25, 0.3) is 10.9 Å². The molecular weight excluding hydrogens is 320 g/mol. The summed E-state index contributed by atoms with van der Waals surface area (Å²) in [4.78, 5) is 12.5. The van der Waals surface area contributed by atoms with Gasteiger partial charge in [0.05, 0.1) is 5.52 Å². The standard InChI is InChI=1S/C13H11BrN6/c14-11-12(17-7-18-13(11)20-15)19-10-5-1-4-9-8(10)3-2-6-16-9/h1-7H,15H2,(H2,17,18,19,20). The summed E-state index contributed by atoms with van der Waals surface area (Å²) in [6.07, 6.45) is 3.20. The predicted octanol–water partition coefficient (Wildman–Crippen LogP) is 2.82. The lowest BCUT2D eigenvalue weighted by Crippen LogP contribution is -2.10. The number of hydrogen-bond acceptors (Lipinski definition) is 6. The molecule has 0 unspecified atom stereocenters. The Kier molecular flexibility index (Phi) is 3.44. The number of nitrogen functional groups attached to an aromatic ring is 1. The van der Waals surface area contributed by atoms with Gasteiger partial charge >= 0.3 is 0 Å². The van der Waals surface area contributed by atoms with E-state index in [1.165, 1.54) is 6.33 Å². The molecule has 0 radical (unpaired) electrons. The maximum absolute atomic E-state index is 5.40. The minimum atomic E-state index is 0.515. The van der Waals surface area contributed by atoms with E-state index in [1.54, 1.807) is 6.20 Å². The van der Waals surface area contributed by atoms with Crippen LogP contribution in [0.1, 0.15) is 0 Å². The van der Waals surface area contributed by atoms with Gasteiger partial charge in [0.25, 0.3) is 0 Å². The fraction of sp³-hybridized carbons (Fsp3) is 0. The molecule has 0 spiro atoms. The quantitative estimate of drug-likeness (QED) is 0.505. The summed E-state index contributed by atoms with van der Waals surface area (Å²) in [5, 5.41) is 4.27. The van der Waals surface area contributed by atoms with E-state index in [9.17, 15) is 0 Å². The monoisotopic (exact) mass is 330 g/mol. The minimum absolute atomic E-state index is 0.515. The van der Waals surface area contributed by atoms with Gasteiger partial charge in [0, 0.05) is 17.3 Å². The third-order valence-corrected chi connectivity index (χ3v) is 3.58. The maximum atomic E-state index is 5.40. The van der Waals surface area contributed by atoms with Gasteiger partial charge in [-0.15, -0.1) is 0 Å². The summed E-state index contributed by atoms with van der Waals surface area (Å²) in [6, 6.07) is 9.77. The van der Waals surface area contributed by atoms with Gasteiger partial charge in [-0.1, -0.05) is 6.07 Å². The van der Waals surface area contributed by atoms with Crippen molar-refractivity contribution in [1.82, 2.24) is 15.0 Å². The minimum Gasteiger partial charge on any atom is -0.339 e. The summed E-state index contributed by atoms with van der Waals surface area (Å²) < 4.78 is 0.670. The second-order valence-corrected chi connectivity index (χ2v) is 4.82. The van der Waals surface area contributed by atoms with Crippen LogP contribution in [0.3, 0.4) is 0 Å². The number of benzene rings is 1. The predicted molar refractivity (Wildman–Crippen MR) is 82.6 cm³/mol. The number of fused-ring (bicyclic) bond motifs is 1. The average molecular weight is 331 g/mol. The summed E-state index contributed by atoms with van der Waals surface area (Å²) in [5.41, 5.74) is 4.34. The van der Waals surface area contributed by atoms with Crippen LogP contribution < -0.4 is 16.6 Å². The van der Waals surface area contributed by atoms with Crippen LogP contribution >= 0.6 is 15.9 Å². The molecule has 2 heterocycles. The SMILES string of the molecule is NNc1ncnc(Nc2cccc3ncccc23)c1Br. The summed E-state index contributed by atoms with van der Waals surface area (Å²) in [5.74, 6) is 6.54. The van der Waals surface area contributed by atoms with E-state index < -0.39 is 0 Å². The van der Waals surface area contributed by atoms with Crippen molar-refractivity contribution in [3.8, 4) is 0 Å². The van der Waals surface area contributed by atoms with Gasteiger partial charge in [0.15, 0.2) is 5.82 Å². The second-order valence-electron chi connectivity index (χ2n) is 4.03. The zero-order valence-corrected chi connectivity index (χ0v) is 11.9. The first-order valence-corrected chi connectivity index (χ1v) is 6.67. The van der Waals surface area contributed by atoms with Gasteiger partial charge in [0.2, 0.25) is 0 Å². The molecule has 0 bridgehead atoms. The van der Waals surface area contributed by atoms with Gasteiger partial charge in [-0.2, -0.15) is 0 Å². The smallest absolute Gasteiger partial charge is 0.159 e. The zero-order chi connectivity index (χ0) is 13.9. The number of anilines is 3. The zero-order valence-electron chi connectivity index (χ0n) is 10.3. The van der Waals surface area contributed by atoms with Crippen LogP contribution in [0.15, 0.2) is 47.3 Å². The van der Waals surface area contributed by atoms with Crippen LogP contribution in [0.2, 0.25) is 0 Å². The molecule has 3 aromatic rings. The molecule has 7 heteroatoms. The number of nitrogens with two attached hydrogens (primary N) is 1. The van der Waals surface area contributed by atoms with Gasteiger partial charge in [-0.05, 0) is 40.2 Å². The lowest BCUT2D eigenvalue weighted by Gasteiger charge is -2.11. The molecule has 20 heavy (non-hydrogen) atoms. The molecule has 6 nitrogen and oxygen atoms in total. The van der Waals surface area contributed by atoms with Gasteiger partial charge in [0.1, 0.15) is 16.6 Å². The number of nitrogens with one attached hydrogen (secondary N) is 2. The van der Waals surface area contributed by atoms with Crippen molar-refractivity contribution < 1.29 is 0 Å². The number of halogens is 1. The molecule has 0 aliphatic carbocycles. The van der Waals surface area contributed by atoms with Crippen LogP contribution in [-0.2, 0) is 0 Å². The largest absolute Gasteiger partial charge is 0.339 e. The van der Waals surface area contributed by atoms with Crippen LogP contribution in [0, 0.1) is 0 Å². The number of pyridine rings is 1. The van der Waals surface area contributed by atoms with E-state index in [0.717, 1.165) is 16.6 Å². The number of hydrazine groups is 1. The van der Waals surface area contributed by atoms with E-state index in [-0.39, 0.29) is 0 Å². The summed E-state index contributed by atoms with van der Waals surface area (Å²) in [6.45, 7) is 0. The lowest BCUT2D eigenvalue weighted by molar-refractivity contribution is 1.12. The molecule has 0 fully saturated rings. The maximum Gasteiger partial charge on any atom is 0.159 e. The Labute approximate surface area is 123 Å². The lowest BCUT2D eigenvalue weighted by atomic mass is 10.2. The van der Waals surface area contributed by atoms with Crippen LogP contribution in [0.5, 0.6) is 0 Å². The normalized spacial score (nSPS) is 10.5. The highest BCUT2D eigenvalue weighted by Gasteiger charge is 2.09. The molecule has 100 valence electrons. The van der Waals surface area contributed by atoms with Crippen molar-refractivity contribution in [2.75, 3.05) is 10.7 Å². The first kappa shape index (κ1) is 12.8. The third kappa shape index (κ3) is 2.28. The topological polar surface area (TPSA) is 88.8 Å². The molecule has 0 saturated heterocycles. The Bertz CT molecular complexity index is 755. The van der Waals surface area contributed by atoms with E-state index in [2.05, 4.69) is 41.6 Å². The van der Waals surface area contributed by atoms with E-state index >= 15 is 0 Å². The Morgan fingerprint density at radius 1 is 1.00 bits per heavy atom. The van der Waals surface area contributed by atoms with E-state index in [0.29, 0.717) is 16.1 Å². The summed E-state index contributed by atoms with van der Waals surface area (Å²) >= 11 is 3.42. The molecule has 0 aliphatic heterocycles. The third-order valence-electron chi connectivity index (χ3n) is 2.82. The van der Waals surface area contributed by atoms with Crippen molar-refractivity contribution in [3.63, 3.8) is 0 Å². The Morgan fingerprint density at radius 2 is 1.85 bits per heavy atom. The molecule has 1 aromatic carbocycles.